The van der Waals surface area contributed by atoms with Crippen LogP contribution in [0.25, 0.3) is 0 Å². The molecule has 0 aliphatic heterocycles. The van der Waals surface area contributed by atoms with Gasteiger partial charge >= 0.3 is 0 Å². The Morgan fingerprint density at radius 1 is 1.00 bits per heavy atom. The summed E-state index contributed by atoms with van der Waals surface area (Å²) in [6, 6.07) is 10.7. The lowest BCUT2D eigenvalue weighted by Gasteiger charge is -2.00. The number of Topliss-reactive ketones (excluding diaryl/α,β-unsaturated/α-hetero) is 2. The van der Waals surface area contributed by atoms with Crippen molar-refractivity contribution in [3.05, 3.63) is 57.2 Å². The highest BCUT2D eigenvalue weighted by Gasteiger charge is 2.14. The van der Waals surface area contributed by atoms with E-state index in [-0.39, 0.29) is 24.4 Å². The van der Waals surface area contributed by atoms with Crippen LogP contribution in [0.1, 0.15) is 33.6 Å². The summed E-state index contributed by atoms with van der Waals surface area (Å²) in [5, 5.41) is 1.77. The second-order valence-electron chi connectivity index (χ2n) is 3.82. The third kappa shape index (κ3) is 3.06. The maximum absolute atomic E-state index is 11.8. The molecule has 0 atom stereocenters. The summed E-state index contributed by atoms with van der Waals surface area (Å²) in [5.74, 6) is -0.0965. The second-order valence-corrected chi connectivity index (χ2v) is 5.34. The molecule has 2 rings (SSSR count). The SMILES string of the molecule is O=C(CCC(=O)c1ccsc1Cl)c1ccccc1. The van der Waals surface area contributed by atoms with Crippen LogP contribution in [0.3, 0.4) is 0 Å². The van der Waals surface area contributed by atoms with Crippen LogP contribution in [-0.4, -0.2) is 11.6 Å². The topological polar surface area (TPSA) is 34.1 Å². The fraction of sp³-hybridized carbons (Fsp3) is 0.143. The van der Waals surface area contributed by atoms with E-state index in [2.05, 4.69) is 0 Å². The van der Waals surface area contributed by atoms with Gasteiger partial charge in [-0.05, 0) is 11.4 Å². The molecule has 92 valence electrons. The number of hydrogen-bond donors (Lipinski definition) is 0. The molecule has 0 radical (unpaired) electrons. The van der Waals surface area contributed by atoms with Crippen LogP contribution < -0.4 is 0 Å². The third-order valence-electron chi connectivity index (χ3n) is 2.59. The number of ketones is 2. The minimum atomic E-state index is -0.0782. The van der Waals surface area contributed by atoms with Gasteiger partial charge < -0.3 is 0 Å². The first-order valence-electron chi connectivity index (χ1n) is 5.53. The molecule has 2 aromatic rings. The lowest BCUT2D eigenvalue weighted by Crippen LogP contribution is -2.04. The fourth-order valence-electron chi connectivity index (χ4n) is 1.62. The van der Waals surface area contributed by atoms with Gasteiger partial charge in [0.15, 0.2) is 11.6 Å². The molecule has 4 heteroatoms. The van der Waals surface area contributed by atoms with Gasteiger partial charge in [-0.3, -0.25) is 9.59 Å². The highest BCUT2D eigenvalue weighted by molar-refractivity contribution is 7.14. The van der Waals surface area contributed by atoms with Crippen LogP contribution in [0, 0.1) is 0 Å². The molecule has 0 saturated heterocycles. The molecule has 2 nitrogen and oxygen atoms in total. The smallest absolute Gasteiger partial charge is 0.165 e. The van der Waals surface area contributed by atoms with Crippen LogP contribution in [0.5, 0.6) is 0 Å². The molecular formula is C14H11ClO2S. The Morgan fingerprint density at radius 3 is 2.28 bits per heavy atom. The molecule has 1 aromatic heterocycles. The standard InChI is InChI=1S/C14H11ClO2S/c15-14-11(8-9-18-14)13(17)7-6-12(16)10-4-2-1-3-5-10/h1-5,8-9H,6-7H2. The van der Waals surface area contributed by atoms with E-state index >= 15 is 0 Å². The van der Waals surface area contributed by atoms with E-state index < -0.39 is 0 Å². The minimum absolute atomic E-state index is 0.0182. The quantitative estimate of drug-likeness (QED) is 0.766. The van der Waals surface area contributed by atoms with Crippen LogP contribution in [0.15, 0.2) is 41.8 Å². The van der Waals surface area contributed by atoms with E-state index in [1.807, 2.05) is 18.2 Å². The molecule has 0 spiro atoms. The lowest BCUT2D eigenvalue weighted by molar-refractivity contribution is 0.0918. The normalized spacial score (nSPS) is 10.3. The number of hydrogen-bond acceptors (Lipinski definition) is 3. The molecule has 0 fully saturated rings. The average Bonchev–Trinajstić information content (AvgIpc) is 2.83. The van der Waals surface area contributed by atoms with Crippen molar-refractivity contribution in [2.75, 3.05) is 0 Å². The van der Waals surface area contributed by atoms with Crippen molar-refractivity contribution in [2.45, 2.75) is 12.8 Å². The Labute approximate surface area is 114 Å². The van der Waals surface area contributed by atoms with E-state index in [1.165, 1.54) is 11.3 Å². The first-order valence-corrected chi connectivity index (χ1v) is 6.78. The number of carbonyl (C=O) groups is 2. The maximum Gasteiger partial charge on any atom is 0.165 e. The van der Waals surface area contributed by atoms with Crippen molar-refractivity contribution in [3.8, 4) is 0 Å². The summed E-state index contributed by atoms with van der Waals surface area (Å²) in [4.78, 5) is 23.7. The fourth-order valence-corrected chi connectivity index (χ4v) is 2.58. The second kappa shape index (κ2) is 5.94. The molecule has 18 heavy (non-hydrogen) atoms. The van der Waals surface area contributed by atoms with Crippen LogP contribution in [0.4, 0.5) is 0 Å². The Hall–Kier alpha value is -1.45. The third-order valence-corrected chi connectivity index (χ3v) is 3.76. The molecule has 1 aromatic carbocycles. The van der Waals surface area contributed by atoms with Crippen molar-refractivity contribution in [1.29, 1.82) is 0 Å². The molecule has 0 aliphatic rings. The lowest BCUT2D eigenvalue weighted by atomic mass is 10.0. The first kappa shape index (κ1) is 13.0. The number of rotatable bonds is 5. The number of halogens is 1. The summed E-state index contributed by atoms with van der Waals surface area (Å²) in [6.07, 6.45) is 0.416. The molecular weight excluding hydrogens is 268 g/mol. The zero-order chi connectivity index (χ0) is 13.0. The van der Waals surface area contributed by atoms with Crippen molar-refractivity contribution in [3.63, 3.8) is 0 Å². The summed E-state index contributed by atoms with van der Waals surface area (Å²) in [5.41, 5.74) is 1.16. The van der Waals surface area contributed by atoms with Gasteiger partial charge in [0, 0.05) is 24.0 Å². The predicted molar refractivity (Wildman–Crippen MR) is 73.7 cm³/mol. The highest BCUT2D eigenvalue weighted by atomic mass is 35.5. The van der Waals surface area contributed by atoms with Gasteiger partial charge in [0.05, 0.1) is 0 Å². The van der Waals surface area contributed by atoms with Crippen molar-refractivity contribution >= 4 is 34.5 Å². The van der Waals surface area contributed by atoms with Gasteiger partial charge in [-0.25, -0.2) is 0 Å². The van der Waals surface area contributed by atoms with Gasteiger partial charge in [-0.2, -0.15) is 0 Å². The van der Waals surface area contributed by atoms with E-state index in [0.717, 1.165) is 0 Å². The van der Waals surface area contributed by atoms with E-state index in [9.17, 15) is 9.59 Å². The number of carbonyl (C=O) groups excluding carboxylic acids is 2. The zero-order valence-electron chi connectivity index (χ0n) is 9.56. The molecule has 0 unspecified atom stereocenters. The molecule has 0 bridgehead atoms. The number of benzene rings is 1. The summed E-state index contributed by atoms with van der Waals surface area (Å²) in [6.45, 7) is 0. The van der Waals surface area contributed by atoms with Crippen LogP contribution >= 0.6 is 22.9 Å². The summed E-state index contributed by atoms with van der Waals surface area (Å²) >= 11 is 7.20. The molecule has 0 N–H and O–H groups in total. The highest BCUT2D eigenvalue weighted by Crippen LogP contribution is 2.24. The van der Waals surface area contributed by atoms with Gasteiger partial charge in [0.25, 0.3) is 0 Å². The Morgan fingerprint density at radius 2 is 1.67 bits per heavy atom. The molecule has 0 amide bonds. The Bertz CT molecular complexity index is 560. The summed E-state index contributed by atoms with van der Waals surface area (Å²) in [7, 11) is 0. The minimum Gasteiger partial charge on any atom is -0.294 e. The van der Waals surface area contributed by atoms with E-state index in [1.54, 1.807) is 23.6 Å². The van der Waals surface area contributed by atoms with Crippen molar-refractivity contribution in [2.24, 2.45) is 0 Å². The first-order chi connectivity index (χ1) is 8.68. The monoisotopic (exact) mass is 278 g/mol. The van der Waals surface area contributed by atoms with Crippen molar-refractivity contribution in [1.82, 2.24) is 0 Å². The van der Waals surface area contributed by atoms with Gasteiger partial charge in [-0.15, -0.1) is 11.3 Å². The maximum atomic E-state index is 11.8. The molecule has 0 saturated carbocycles. The van der Waals surface area contributed by atoms with Crippen LogP contribution in [-0.2, 0) is 0 Å². The van der Waals surface area contributed by atoms with Gasteiger partial charge in [-0.1, -0.05) is 41.9 Å². The number of thiophene rings is 1. The average molecular weight is 279 g/mol. The van der Waals surface area contributed by atoms with Crippen molar-refractivity contribution < 1.29 is 9.59 Å². The van der Waals surface area contributed by atoms with Gasteiger partial charge in [0.1, 0.15) is 4.34 Å². The Balaban J connectivity index is 1.95. The van der Waals surface area contributed by atoms with E-state index in [4.69, 9.17) is 11.6 Å². The Kier molecular flexibility index (Phi) is 4.28. The van der Waals surface area contributed by atoms with Gasteiger partial charge in [0.2, 0.25) is 0 Å². The summed E-state index contributed by atoms with van der Waals surface area (Å²) < 4.78 is 0.493. The zero-order valence-corrected chi connectivity index (χ0v) is 11.1. The predicted octanol–water partition coefficient (Wildman–Crippen LogP) is 4.25. The van der Waals surface area contributed by atoms with Crippen LogP contribution in [0.2, 0.25) is 4.34 Å². The van der Waals surface area contributed by atoms with E-state index in [0.29, 0.717) is 15.5 Å². The largest absolute Gasteiger partial charge is 0.294 e. The molecule has 0 aliphatic carbocycles. The molecule has 1 heterocycles.